The second-order valence-electron chi connectivity index (χ2n) is 4.31. The van der Waals surface area contributed by atoms with E-state index in [1.807, 2.05) is 6.07 Å². The number of benzene rings is 1. The van der Waals surface area contributed by atoms with Crippen LogP contribution in [0.3, 0.4) is 0 Å². The molecule has 0 fully saturated rings. The van der Waals surface area contributed by atoms with E-state index in [1.54, 1.807) is 7.11 Å². The molecule has 0 bridgehead atoms. The molecule has 98 valence electrons. The summed E-state index contributed by atoms with van der Waals surface area (Å²) >= 11 is 2.44. The van der Waals surface area contributed by atoms with Crippen molar-refractivity contribution in [3.05, 3.63) is 30.0 Å². The Bertz CT molecular complexity index is 509. The Hall–Kier alpha value is -0.750. The van der Waals surface area contributed by atoms with E-state index in [9.17, 15) is 0 Å². The van der Waals surface area contributed by atoms with Crippen LogP contribution in [-0.4, -0.2) is 22.7 Å². The third kappa shape index (κ3) is 3.17. The van der Waals surface area contributed by atoms with Gasteiger partial charge in [-0.3, -0.25) is 0 Å². The van der Waals surface area contributed by atoms with Gasteiger partial charge in [-0.15, -0.1) is 0 Å². The van der Waals surface area contributed by atoms with Crippen molar-refractivity contribution in [2.75, 3.05) is 13.7 Å². The Balaban J connectivity index is 2.08. The number of H-pyrrole nitrogens is 1. The van der Waals surface area contributed by atoms with Crippen molar-refractivity contribution in [1.82, 2.24) is 10.3 Å². The molecule has 2 N–H and O–H groups in total. The Kier molecular flexibility index (Phi) is 4.88. The number of aromatic nitrogens is 1. The van der Waals surface area contributed by atoms with Crippen LogP contribution >= 0.6 is 22.6 Å². The maximum Gasteiger partial charge on any atom is 0.119 e. The zero-order valence-electron chi connectivity index (χ0n) is 10.8. The molecule has 18 heavy (non-hydrogen) atoms. The molecule has 0 amide bonds. The van der Waals surface area contributed by atoms with Crippen LogP contribution < -0.4 is 10.1 Å². The lowest BCUT2D eigenvalue weighted by molar-refractivity contribution is 0.415. The van der Waals surface area contributed by atoms with E-state index in [1.165, 1.54) is 16.5 Å². The Labute approximate surface area is 121 Å². The summed E-state index contributed by atoms with van der Waals surface area (Å²) in [4.78, 5) is 3.31. The second-order valence-corrected chi connectivity index (χ2v) is 5.81. The van der Waals surface area contributed by atoms with E-state index in [0.29, 0.717) is 4.05 Å². The molecule has 0 saturated carbocycles. The van der Waals surface area contributed by atoms with E-state index >= 15 is 0 Å². The van der Waals surface area contributed by atoms with E-state index in [2.05, 4.69) is 58.1 Å². The molecule has 1 aromatic carbocycles. The number of hydrogen-bond donors (Lipinski definition) is 2. The monoisotopic (exact) mass is 358 g/mol. The van der Waals surface area contributed by atoms with Gasteiger partial charge in [0.1, 0.15) is 5.75 Å². The first-order chi connectivity index (χ1) is 8.74. The van der Waals surface area contributed by atoms with E-state index in [4.69, 9.17) is 4.74 Å². The van der Waals surface area contributed by atoms with E-state index < -0.39 is 0 Å². The summed E-state index contributed by atoms with van der Waals surface area (Å²) < 4.78 is 5.83. The normalized spacial score (nSPS) is 12.8. The number of ether oxygens (including phenoxy) is 1. The van der Waals surface area contributed by atoms with Gasteiger partial charge in [0.2, 0.25) is 0 Å². The van der Waals surface area contributed by atoms with Gasteiger partial charge in [-0.1, -0.05) is 29.5 Å². The van der Waals surface area contributed by atoms with Crippen molar-refractivity contribution in [2.24, 2.45) is 0 Å². The highest BCUT2D eigenvalue weighted by atomic mass is 127. The van der Waals surface area contributed by atoms with Crippen LogP contribution in [0.5, 0.6) is 5.75 Å². The number of aromatic amines is 1. The largest absolute Gasteiger partial charge is 0.497 e. The zero-order chi connectivity index (χ0) is 13.0. The molecular formula is C14H19IN2O. The molecule has 0 spiro atoms. The minimum atomic E-state index is 0.558. The molecule has 4 heteroatoms. The third-order valence-electron chi connectivity index (χ3n) is 3.09. The molecule has 3 nitrogen and oxygen atoms in total. The van der Waals surface area contributed by atoms with Gasteiger partial charge in [-0.05, 0) is 36.6 Å². The van der Waals surface area contributed by atoms with Crippen LogP contribution in [0.15, 0.2) is 24.4 Å². The topological polar surface area (TPSA) is 37.0 Å². The molecule has 0 aliphatic rings. The van der Waals surface area contributed by atoms with Gasteiger partial charge in [-0.25, -0.2) is 0 Å². The summed E-state index contributed by atoms with van der Waals surface area (Å²) in [5.41, 5.74) is 2.52. The summed E-state index contributed by atoms with van der Waals surface area (Å²) in [6.07, 6.45) is 4.29. The first-order valence-electron chi connectivity index (χ1n) is 6.26. The number of halogens is 1. The molecule has 0 aliphatic heterocycles. The lowest BCUT2D eigenvalue weighted by Crippen LogP contribution is -2.24. The van der Waals surface area contributed by atoms with Gasteiger partial charge < -0.3 is 15.0 Å². The van der Waals surface area contributed by atoms with Gasteiger partial charge in [0.05, 0.1) is 11.2 Å². The van der Waals surface area contributed by atoms with Crippen LogP contribution in [-0.2, 0) is 6.42 Å². The molecule has 1 heterocycles. The molecule has 2 rings (SSSR count). The van der Waals surface area contributed by atoms with Crippen molar-refractivity contribution in [3.8, 4) is 5.75 Å². The summed E-state index contributed by atoms with van der Waals surface area (Å²) in [6.45, 7) is 3.20. The number of fused-ring (bicyclic) bond motifs is 1. The van der Waals surface area contributed by atoms with Crippen molar-refractivity contribution in [2.45, 2.75) is 23.8 Å². The van der Waals surface area contributed by atoms with Crippen LogP contribution in [0.25, 0.3) is 10.9 Å². The van der Waals surface area contributed by atoms with Crippen LogP contribution in [0, 0.1) is 0 Å². The zero-order valence-corrected chi connectivity index (χ0v) is 13.0. The summed E-state index contributed by atoms with van der Waals surface area (Å²) in [5.74, 6) is 0.914. The fraction of sp³-hybridized carbons (Fsp3) is 0.429. The molecule has 0 aliphatic carbocycles. The van der Waals surface area contributed by atoms with E-state index in [0.717, 1.165) is 25.1 Å². The number of nitrogens with one attached hydrogen (secondary N) is 2. The maximum absolute atomic E-state index is 5.28. The molecule has 0 saturated heterocycles. The van der Waals surface area contributed by atoms with Crippen LogP contribution in [0.2, 0.25) is 0 Å². The average Bonchev–Trinajstić information content (AvgIpc) is 2.81. The quantitative estimate of drug-likeness (QED) is 0.471. The molecule has 2 aromatic rings. The standard InChI is InChI=1S/C14H19IN2O/c1-3-14(15)16-7-6-10-9-17-13-5-4-11(18-2)8-12(10)13/h4-5,8-9,14,16-17H,3,6-7H2,1-2H3. The molecule has 1 aromatic heterocycles. The first-order valence-corrected chi connectivity index (χ1v) is 7.50. The number of hydrogen-bond acceptors (Lipinski definition) is 2. The summed E-state index contributed by atoms with van der Waals surface area (Å²) in [5, 5.41) is 4.77. The Morgan fingerprint density at radius 2 is 2.28 bits per heavy atom. The third-order valence-corrected chi connectivity index (χ3v) is 4.41. The van der Waals surface area contributed by atoms with Crippen molar-refractivity contribution >= 4 is 33.5 Å². The lowest BCUT2D eigenvalue weighted by Gasteiger charge is -2.09. The highest BCUT2D eigenvalue weighted by molar-refractivity contribution is 14.1. The minimum Gasteiger partial charge on any atom is -0.497 e. The molecular weight excluding hydrogens is 339 g/mol. The summed E-state index contributed by atoms with van der Waals surface area (Å²) in [6, 6.07) is 6.15. The Morgan fingerprint density at radius 3 is 3.00 bits per heavy atom. The second kappa shape index (κ2) is 6.43. The van der Waals surface area contributed by atoms with Crippen LogP contribution in [0.4, 0.5) is 0 Å². The molecule has 1 unspecified atom stereocenters. The molecule has 0 radical (unpaired) electrons. The number of methoxy groups -OCH3 is 1. The Morgan fingerprint density at radius 1 is 1.44 bits per heavy atom. The maximum atomic E-state index is 5.28. The predicted molar refractivity (Wildman–Crippen MR) is 84.7 cm³/mol. The number of rotatable bonds is 6. The lowest BCUT2D eigenvalue weighted by atomic mass is 10.1. The van der Waals surface area contributed by atoms with Crippen LogP contribution in [0.1, 0.15) is 18.9 Å². The number of alkyl halides is 1. The average molecular weight is 358 g/mol. The predicted octanol–water partition coefficient (Wildman–Crippen LogP) is 3.48. The SMILES string of the molecule is CCC(I)NCCc1c[nH]c2ccc(OC)cc12. The summed E-state index contributed by atoms with van der Waals surface area (Å²) in [7, 11) is 1.71. The first kappa shape index (κ1) is 13.7. The smallest absolute Gasteiger partial charge is 0.119 e. The van der Waals surface area contributed by atoms with E-state index in [-0.39, 0.29) is 0 Å². The highest BCUT2D eigenvalue weighted by Crippen LogP contribution is 2.23. The fourth-order valence-corrected chi connectivity index (χ4v) is 2.31. The van der Waals surface area contributed by atoms with Crippen molar-refractivity contribution in [1.29, 1.82) is 0 Å². The van der Waals surface area contributed by atoms with Gasteiger partial charge in [0.25, 0.3) is 0 Å². The van der Waals surface area contributed by atoms with Crippen molar-refractivity contribution in [3.63, 3.8) is 0 Å². The van der Waals surface area contributed by atoms with Gasteiger partial charge in [0.15, 0.2) is 0 Å². The minimum absolute atomic E-state index is 0.558. The van der Waals surface area contributed by atoms with Gasteiger partial charge in [-0.2, -0.15) is 0 Å². The van der Waals surface area contributed by atoms with Gasteiger partial charge in [0, 0.05) is 23.6 Å². The van der Waals surface area contributed by atoms with Gasteiger partial charge >= 0.3 is 0 Å². The van der Waals surface area contributed by atoms with Crippen molar-refractivity contribution < 1.29 is 4.74 Å². The molecule has 1 atom stereocenters. The fourth-order valence-electron chi connectivity index (χ4n) is 2.00. The highest BCUT2D eigenvalue weighted by Gasteiger charge is 2.06.